The SMILES string of the molecule is COc1ccc2ccnc(N(C)CC(C)O)c2c1. The first-order valence-electron chi connectivity index (χ1n) is 5.94. The maximum Gasteiger partial charge on any atom is 0.136 e. The fourth-order valence-electron chi connectivity index (χ4n) is 2.05. The molecule has 0 aliphatic rings. The molecule has 1 atom stereocenters. The van der Waals surface area contributed by atoms with Crippen molar-refractivity contribution in [2.45, 2.75) is 13.0 Å². The number of aromatic nitrogens is 1. The lowest BCUT2D eigenvalue weighted by Gasteiger charge is -2.21. The first kappa shape index (κ1) is 12.6. The average molecular weight is 246 g/mol. The van der Waals surface area contributed by atoms with Gasteiger partial charge in [0.25, 0.3) is 0 Å². The molecule has 4 heteroatoms. The van der Waals surface area contributed by atoms with Crippen LogP contribution in [0.3, 0.4) is 0 Å². The third kappa shape index (κ3) is 2.54. The van der Waals surface area contributed by atoms with Gasteiger partial charge in [-0.05, 0) is 30.5 Å². The van der Waals surface area contributed by atoms with E-state index in [2.05, 4.69) is 4.98 Å². The first-order chi connectivity index (χ1) is 8.61. The van der Waals surface area contributed by atoms with Gasteiger partial charge >= 0.3 is 0 Å². The standard InChI is InChI=1S/C14H18N2O2/c1-10(17)9-16(2)14-13-8-12(18-3)5-4-11(13)6-7-15-14/h4-8,10,17H,9H2,1-3H3. The molecule has 0 spiro atoms. The summed E-state index contributed by atoms with van der Waals surface area (Å²) < 4.78 is 5.24. The first-order valence-corrected chi connectivity index (χ1v) is 5.94. The number of nitrogens with zero attached hydrogens (tertiary/aromatic N) is 2. The minimum atomic E-state index is -0.391. The third-order valence-electron chi connectivity index (χ3n) is 2.85. The van der Waals surface area contributed by atoms with Gasteiger partial charge < -0.3 is 14.7 Å². The van der Waals surface area contributed by atoms with Crippen LogP contribution in [-0.2, 0) is 0 Å². The molecule has 0 fully saturated rings. The van der Waals surface area contributed by atoms with Crippen molar-refractivity contribution in [2.75, 3.05) is 25.6 Å². The van der Waals surface area contributed by atoms with Crippen molar-refractivity contribution >= 4 is 16.6 Å². The molecule has 96 valence electrons. The summed E-state index contributed by atoms with van der Waals surface area (Å²) in [6.45, 7) is 2.31. The highest BCUT2D eigenvalue weighted by Crippen LogP contribution is 2.27. The fraction of sp³-hybridized carbons (Fsp3) is 0.357. The number of benzene rings is 1. The molecule has 0 saturated heterocycles. The maximum absolute atomic E-state index is 9.46. The summed E-state index contributed by atoms with van der Waals surface area (Å²) in [6.07, 6.45) is 1.39. The Labute approximate surface area is 107 Å². The van der Waals surface area contributed by atoms with Crippen LogP contribution in [-0.4, -0.2) is 36.9 Å². The quantitative estimate of drug-likeness (QED) is 0.897. The smallest absolute Gasteiger partial charge is 0.136 e. The van der Waals surface area contributed by atoms with Gasteiger partial charge in [0.05, 0.1) is 13.2 Å². The molecule has 0 aliphatic carbocycles. The zero-order valence-electron chi connectivity index (χ0n) is 10.9. The third-order valence-corrected chi connectivity index (χ3v) is 2.85. The Hall–Kier alpha value is -1.81. The Bertz CT molecular complexity index is 540. The van der Waals surface area contributed by atoms with Gasteiger partial charge in [-0.15, -0.1) is 0 Å². The van der Waals surface area contributed by atoms with Crippen molar-refractivity contribution in [3.05, 3.63) is 30.5 Å². The summed E-state index contributed by atoms with van der Waals surface area (Å²) in [5, 5.41) is 11.6. The monoisotopic (exact) mass is 246 g/mol. The highest BCUT2D eigenvalue weighted by atomic mass is 16.5. The van der Waals surface area contributed by atoms with Gasteiger partial charge in [0, 0.05) is 25.2 Å². The van der Waals surface area contributed by atoms with Crippen LogP contribution in [0.5, 0.6) is 5.75 Å². The van der Waals surface area contributed by atoms with Gasteiger partial charge in [-0.2, -0.15) is 0 Å². The summed E-state index contributed by atoms with van der Waals surface area (Å²) in [5.74, 6) is 1.66. The van der Waals surface area contributed by atoms with E-state index in [-0.39, 0.29) is 0 Å². The van der Waals surface area contributed by atoms with Crippen molar-refractivity contribution < 1.29 is 9.84 Å². The Balaban J connectivity index is 2.48. The maximum atomic E-state index is 9.46. The van der Waals surface area contributed by atoms with E-state index in [4.69, 9.17) is 4.74 Å². The summed E-state index contributed by atoms with van der Waals surface area (Å²) in [6, 6.07) is 7.88. The van der Waals surface area contributed by atoms with Crippen LogP contribution >= 0.6 is 0 Å². The van der Waals surface area contributed by atoms with Crippen molar-refractivity contribution in [3.8, 4) is 5.75 Å². The molecule has 2 rings (SSSR count). The minimum Gasteiger partial charge on any atom is -0.497 e. The number of aliphatic hydroxyl groups is 1. The summed E-state index contributed by atoms with van der Waals surface area (Å²) in [4.78, 5) is 6.35. The summed E-state index contributed by atoms with van der Waals surface area (Å²) in [7, 11) is 3.57. The van der Waals surface area contributed by atoms with Gasteiger partial charge in [-0.3, -0.25) is 0 Å². The van der Waals surface area contributed by atoms with Gasteiger partial charge in [-0.25, -0.2) is 4.98 Å². The number of pyridine rings is 1. The Morgan fingerprint density at radius 1 is 1.39 bits per heavy atom. The van der Waals surface area contributed by atoms with E-state index in [1.807, 2.05) is 36.2 Å². The zero-order valence-corrected chi connectivity index (χ0v) is 10.9. The molecule has 2 aromatic rings. The van der Waals surface area contributed by atoms with E-state index in [9.17, 15) is 5.11 Å². The molecule has 0 aliphatic heterocycles. The topological polar surface area (TPSA) is 45.6 Å². The molecule has 18 heavy (non-hydrogen) atoms. The second-order valence-corrected chi connectivity index (χ2v) is 4.45. The Kier molecular flexibility index (Phi) is 3.67. The predicted octanol–water partition coefficient (Wildman–Crippen LogP) is 2.06. The number of aliphatic hydroxyl groups excluding tert-OH is 1. The Morgan fingerprint density at radius 3 is 2.83 bits per heavy atom. The number of anilines is 1. The highest BCUT2D eigenvalue weighted by molar-refractivity contribution is 5.93. The van der Waals surface area contributed by atoms with Crippen LogP contribution in [0.1, 0.15) is 6.92 Å². The largest absolute Gasteiger partial charge is 0.497 e. The van der Waals surface area contributed by atoms with Crippen molar-refractivity contribution in [1.82, 2.24) is 4.98 Å². The Morgan fingerprint density at radius 2 is 2.17 bits per heavy atom. The van der Waals surface area contributed by atoms with Gasteiger partial charge in [0.2, 0.25) is 0 Å². The van der Waals surface area contributed by atoms with Crippen LogP contribution in [0, 0.1) is 0 Å². The molecular formula is C14H18N2O2. The molecule has 0 saturated carbocycles. The van der Waals surface area contributed by atoms with Gasteiger partial charge in [0.1, 0.15) is 11.6 Å². The highest BCUT2D eigenvalue weighted by Gasteiger charge is 2.10. The second kappa shape index (κ2) is 5.23. The number of methoxy groups -OCH3 is 1. The van der Waals surface area contributed by atoms with Crippen LogP contribution in [0.15, 0.2) is 30.5 Å². The van der Waals surface area contributed by atoms with Crippen molar-refractivity contribution in [1.29, 1.82) is 0 Å². The van der Waals surface area contributed by atoms with Crippen LogP contribution in [0.4, 0.5) is 5.82 Å². The lowest BCUT2D eigenvalue weighted by Crippen LogP contribution is -2.27. The second-order valence-electron chi connectivity index (χ2n) is 4.45. The normalized spacial score (nSPS) is 12.4. The van der Waals surface area contributed by atoms with Crippen LogP contribution in [0.25, 0.3) is 10.8 Å². The number of likely N-dealkylation sites (N-methyl/N-ethyl adjacent to an activating group) is 1. The van der Waals surface area contributed by atoms with E-state index >= 15 is 0 Å². The molecule has 0 bridgehead atoms. The predicted molar refractivity (Wildman–Crippen MR) is 73.2 cm³/mol. The molecule has 1 aromatic carbocycles. The summed E-state index contributed by atoms with van der Waals surface area (Å²) >= 11 is 0. The lowest BCUT2D eigenvalue weighted by molar-refractivity contribution is 0.201. The molecule has 1 N–H and O–H groups in total. The average Bonchev–Trinajstić information content (AvgIpc) is 2.36. The summed E-state index contributed by atoms with van der Waals surface area (Å²) in [5.41, 5.74) is 0. The van der Waals surface area contributed by atoms with E-state index < -0.39 is 6.10 Å². The molecule has 1 heterocycles. The van der Waals surface area contributed by atoms with E-state index in [0.29, 0.717) is 6.54 Å². The molecule has 0 amide bonds. The van der Waals surface area contributed by atoms with Crippen molar-refractivity contribution in [3.63, 3.8) is 0 Å². The van der Waals surface area contributed by atoms with E-state index in [1.54, 1.807) is 20.2 Å². The van der Waals surface area contributed by atoms with E-state index in [1.165, 1.54) is 0 Å². The van der Waals surface area contributed by atoms with Crippen LogP contribution < -0.4 is 9.64 Å². The molecule has 4 nitrogen and oxygen atoms in total. The zero-order chi connectivity index (χ0) is 13.1. The fourth-order valence-corrected chi connectivity index (χ4v) is 2.05. The van der Waals surface area contributed by atoms with E-state index in [0.717, 1.165) is 22.3 Å². The number of hydrogen-bond donors (Lipinski definition) is 1. The number of fused-ring (bicyclic) bond motifs is 1. The number of ether oxygens (including phenoxy) is 1. The molecule has 0 radical (unpaired) electrons. The lowest BCUT2D eigenvalue weighted by atomic mass is 10.1. The molecule has 1 unspecified atom stereocenters. The molecule has 1 aromatic heterocycles. The molecular weight excluding hydrogens is 228 g/mol. The van der Waals surface area contributed by atoms with Gasteiger partial charge in [0.15, 0.2) is 0 Å². The van der Waals surface area contributed by atoms with Crippen LogP contribution in [0.2, 0.25) is 0 Å². The van der Waals surface area contributed by atoms with Gasteiger partial charge in [-0.1, -0.05) is 6.07 Å². The number of rotatable bonds is 4. The minimum absolute atomic E-state index is 0.391. The number of hydrogen-bond acceptors (Lipinski definition) is 4. The van der Waals surface area contributed by atoms with Crippen molar-refractivity contribution in [2.24, 2.45) is 0 Å².